The third kappa shape index (κ3) is 6.66. The highest BCUT2D eigenvalue weighted by Crippen LogP contribution is 2.38. The molecule has 0 amide bonds. The Bertz CT molecular complexity index is 1130. The summed E-state index contributed by atoms with van der Waals surface area (Å²) in [6.45, 7) is -0.0909. The molecule has 35 heavy (non-hydrogen) atoms. The number of methoxy groups -OCH3 is 4. The number of hydrogen-bond donors (Lipinski definition) is 0. The highest BCUT2D eigenvalue weighted by molar-refractivity contribution is 5.98. The summed E-state index contributed by atoms with van der Waals surface area (Å²) in [5, 5.41) is 0. The Morgan fingerprint density at radius 1 is 0.686 bits per heavy atom. The van der Waals surface area contributed by atoms with Crippen LogP contribution in [0.3, 0.4) is 0 Å². The van der Waals surface area contributed by atoms with Crippen molar-refractivity contribution in [1.29, 1.82) is 0 Å². The maximum atomic E-state index is 12.7. The zero-order chi connectivity index (χ0) is 25.2. The standard InChI is InChI=1S/C27H28O8/c1-30-22-11-10-20(15-23(22)34-16-18-8-6-5-7-9-18)21(28)17-35-26(29)14-19-12-24(31-2)27(33-4)25(13-19)32-3/h5-13,15H,14,16-17H2,1-4H3. The first-order chi connectivity index (χ1) is 17.0. The number of hydrogen-bond acceptors (Lipinski definition) is 8. The van der Waals surface area contributed by atoms with Crippen LogP contribution in [0, 0.1) is 0 Å². The number of Topliss-reactive ketones (excluding diaryl/α,β-unsaturated/α-hetero) is 1. The van der Waals surface area contributed by atoms with Crippen molar-refractivity contribution in [2.75, 3.05) is 35.0 Å². The van der Waals surface area contributed by atoms with Crippen LogP contribution in [0.2, 0.25) is 0 Å². The average Bonchev–Trinajstić information content (AvgIpc) is 2.90. The fourth-order valence-electron chi connectivity index (χ4n) is 3.38. The molecule has 3 rings (SSSR count). The Morgan fingerprint density at radius 2 is 1.34 bits per heavy atom. The van der Waals surface area contributed by atoms with E-state index in [1.54, 1.807) is 30.3 Å². The molecule has 0 saturated carbocycles. The quantitative estimate of drug-likeness (QED) is 0.281. The van der Waals surface area contributed by atoms with Gasteiger partial charge in [-0.05, 0) is 41.5 Å². The average molecular weight is 481 g/mol. The third-order valence-corrected chi connectivity index (χ3v) is 5.16. The number of benzene rings is 3. The third-order valence-electron chi connectivity index (χ3n) is 5.16. The molecule has 0 aliphatic carbocycles. The van der Waals surface area contributed by atoms with Crippen molar-refractivity contribution in [2.24, 2.45) is 0 Å². The van der Waals surface area contributed by atoms with Gasteiger partial charge in [0.05, 0.1) is 34.9 Å². The van der Waals surface area contributed by atoms with Crippen LogP contribution >= 0.6 is 0 Å². The lowest BCUT2D eigenvalue weighted by atomic mass is 10.1. The van der Waals surface area contributed by atoms with Gasteiger partial charge in [-0.25, -0.2) is 0 Å². The Labute approximate surface area is 204 Å². The van der Waals surface area contributed by atoms with Crippen molar-refractivity contribution >= 4 is 11.8 Å². The highest BCUT2D eigenvalue weighted by Gasteiger charge is 2.17. The minimum atomic E-state index is -0.568. The van der Waals surface area contributed by atoms with Gasteiger partial charge in [0.2, 0.25) is 5.75 Å². The van der Waals surface area contributed by atoms with Gasteiger partial charge in [0.15, 0.2) is 35.4 Å². The number of ketones is 1. The van der Waals surface area contributed by atoms with E-state index < -0.39 is 12.6 Å². The Morgan fingerprint density at radius 3 is 1.94 bits per heavy atom. The maximum absolute atomic E-state index is 12.7. The molecule has 0 N–H and O–H groups in total. The van der Waals surface area contributed by atoms with Gasteiger partial charge in [-0.3, -0.25) is 9.59 Å². The lowest BCUT2D eigenvalue weighted by molar-refractivity contribution is -0.141. The largest absolute Gasteiger partial charge is 0.493 e. The van der Waals surface area contributed by atoms with Crippen molar-refractivity contribution in [2.45, 2.75) is 13.0 Å². The summed E-state index contributed by atoms with van der Waals surface area (Å²) in [6.07, 6.45) is -0.0714. The molecule has 0 aliphatic rings. The van der Waals surface area contributed by atoms with Crippen LogP contribution in [0.25, 0.3) is 0 Å². The number of carbonyl (C=O) groups is 2. The smallest absolute Gasteiger partial charge is 0.310 e. The number of esters is 1. The summed E-state index contributed by atoms with van der Waals surface area (Å²) in [7, 11) is 6.00. The van der Waals surface area contributed by atoms with Gasteiger partial charge in [0.1, 0.15) is 6.61 Å². The lowest BCUT2D eigenvalue weighted by Gasteiger charge is -2.14. The predicted octanol–water partition coefficient (Wildman–Crippen LogP) is 4.27. The molecule has 0 unspecified atom stereocenters. The Balaban J connectivity index is 1.63. The fraction of sp³-hybridized carbons (Fsp3) is 0.259. The Kier molecular flexibility index (Phi) is 8.95. The maximum Gasteiger partial charge on any atom is 0.310 e. The van der Waals surface area contributed by atoms with Gasteiger partial charge in [0, 0.05) is 5.56 Å². The van der Waals surface area contributed by atoms with E-state index >= 15 is 0 Å². The van der Waals surface area contributed by atoms with E-state index in [4.69, 9.17) is 28.4 Å². The van der Waals surface area contributed by atoms with Crippen LogP contribution in [0.1, 0.15) is 21.5 Å². The van der Waals surface area contributed by atoms with E-state index in [0.717, 1.165) is 5.56 Å². The molecule has 0 spiro atoms. The second-order valence-corrected chi connectivity index (χ2v) is 7.43. The van der Waals surface area contributed by atoms with E-state index in [9.17, 15) is 9.59 Å². The van der Waals surface area contributed by atoms with Crippen LogP contribution in [0.5, 0.6) is 28.7 Å². The normalized spacial score (nSPS) is 10.3. The molecule has 0 aliphatic heterocycles. The second-order valence-electron chi connectivity index (χ2n) is 7.43. The number of carbonyl (C=O) groups excluding carboxylic acids is 2. The minimum Gasteiger partial charge on any atom is -0.493 e. The van der Waals surface area contributed by atoms with Crippen molar-refractivity contribution < 1.29 is 38.0 Å². The molecule has 0 bridgehead atoms. The van der Waals surface area contributed by atoms with Crippen LogP contribution < -0.4 is 23.7 Å². The number of rotatable bonds is 12. The van der Waals surface area contributed by atoms with Crippen molar-refractivity contribution in [3.8, 4) is 28.7 Å². The minimum absolute atomic E-state index is 0.0714. The second kappa shape index (κ2) is 12.3. The van der Waals surface area contributed by atoms with Gasteiger partial charge in [-0.2, -0.15) is 0 Å². The predicted molar refractivity (Wildman–Crippen MR) is 129 cm³/mol. The van der Waals surface area contributed by atoms with Crippen LogP contribution in [0.15, 0.2) is 60.7 Å². The van der Waals surface area contributed by atoms with Gasteiger partial charge < -0.3 is 28.4 Å². The SMILES string of the molecule is COc1ccc(C(=O)COC(=O)Cc2cc(OC)c(OC)c(OC)c2)cc1OCc1ccccc1. The molecule has 8 heteroatoms. The van der Waals surface area contributed by atoms with Gasteiger partial charge >= 0.3 is 5.97 Å². The first-order valence-electron chi connectivity index (χ1n) is 10.8. The fourth-order valence-corrected chi connectivity index (χ4v) is 3.38. The van der Waals surface area contributed by atoms with E-state index in [0.29, 0.717) is 46.5 Å². The van der Waals surface area contributed by atoms with E-state index in [-0.39, 0.29) is 12.2 Å². The van der Waals surface area contributed by atoms with Crippen molar-refractivity contribution in [3.05, 3.63) is 77.4 Å². The molecule has 0 atom stereocenters. The zero-order valence-corrected chi connectivity index (χ0v) is 20.2. The van der Waals surface area contributed by atoms with Gasteiger partial charge in [-0.15, -0.1) is 0 Å². The summed E-state index contributed by atoms with van der Waals surface area (Å²) in [5.74, 6) is 1.26. The van der Waals surface area contributed by atoms with Crippen LogP contribution in [-0.4, -0.2) is 46.8 Å². The van der Waals surface area contributed by atoms with Gasteiger partial charge in [-0.1, -0.05) is 30.3 Å². The summed E-state index contributed by atoms with van der Waals surface area (Å²) >= 11 is 0. The zero-order valence-electron chi connectivity index (χ0n) is 20.2. The molecule has 8 nitrogen and oxygen atoms in total. The summed E-state index contributed by atoms with van der Waals surface area (Å²) in [5.41, 5.74) is 1.92. The summed E-state index contributed by atoms with van der Waals surface area (Å²) in [6, 6.07) is 17.8. The van der Waals surface area contributed by atoms with Crippen molar-refractivity contribution in [1.82, 2.24) is 0 Å². The monoisotopic (exact) mass is 480 g/mol. The van der Waals surface area contributed by atoms with Crippen LogP contribution in [0.4, 0.5) is 0 Å². The molecule has 3 aromatic rings. The summed E-state index contributed by atoms with van der Waals surface area (Å²) in [4.78, 5) is 25.1. The summed E-state index contributed by atoms with van der Waals surface area (Å²) < 4.78 is 32.3. The topological polar surface area (TPSA) is 89.5 Å². The lowest BCUT2D eigenvalue weighted by Crippen LogP contribution is -2.16. The molecular formula is C27H28O8. The molecule has 0 radical (unpaired) electrons. The molecule has 184 valence electrons. The van der Waals surface area contributed by atoms with E-state index in [2.05, 4.69) is 0 Å². The first-order valence-corrected chi connectivity index (χ1v) is 10.8. The molecule has 0 aromatic heterocycles. The van der Waals surface area contributed by atoms with E-state index in [1.165, 1.54) is 28.4 Å². The first kappa shape index (κ1) is 25.4. The van der Waals surface area contributed by atoms with Gasteiger partial charge in [0.25, 0.3) is 0 Å². The number of ether oxygens (including phenoxy) is 6. The Hall–Kier alpha value is -4.20. The molecule has 0 heterocycles. The molecule has 3 aromatic carbocycles. The van der Waals surface area contributed by atoms with Crippen molar-refractivity contribution in [3.63, 3.8) is 0 Å². The molecule has 0 saturated heterocycles. The van der Waals surface area contributed by atoms with Crippen LogP contribution in [-0.2, 0) is 22.6 Å². The van der Waals surface area contributed by atoms with E-state index in [1.807, 2.05) is 30.3 Å². The molecule has 0 fully saturated rings. The molecular weight excluding hydrogens is 452 g/mol. The highest BCUT2D eigenvalue weighted by atomic mass is 16.5.